The number of anilines is 6. The molecule has 9 aromatic rings. The first kappa shape index (κ1) is 103. The highest BCUT2D eigenvalue weighted by molar-refractivity contribution is 7.59. The Morgan fingerprint density at radius 3 is 1.14 bits per heavy atom. The van der Waals surface area contributed by atoms with Gasteiger partial charge in [-0.2, -0.15) is 67.4 Å². The fraction of sp³-hybridized carbons (Fsp3) is 0.462. The number of amides is 3. The van der Waals surface area contributed by atoms with Crippen LogP contribution >= 0.6 is 38.6 Å². The lowest BCUT2D eigenvalue weighted by Gasteiger charge is -2.41. The Labute approximate surface area is 829 Å². The van der Waals surface area contributed by atoms with Crippen molar-refractivity contribution in [2.24, 2.45) is 0 Å². The van der Waals surface area contributed by atoms with Crippen molar-refractivity contribution in [3.8, 4) is 30.2 Å². The number of fused-ring (bicyclic) bond motifs is 6. The number of nitrogens with zero attached hydrogens (tertiary/aromatic N) is 24. The van der Waals surface area contributed by atoms with E-state index in [1.807, 2.05) is 38.4 Å². The fourth-order valence-electron chi connectivity index (χ4n) is 20.6. The predicted molar refractivity (Wildman–Crippen MR) is 552 cm³/mol. The molecule has 0 unspecified atom stereocenters. The Morgan fingerprint density at radius 2 is 0.797 bits per heavy atom. The standard InChI is InChI=1S/C35H42ClFN8O2.2C34H38N8O2.CH4.2H2S/c1-38-20-26-21-44(18-19-45(26)34(46)29(37)14-16-41(2)3)33-27-13-17-43(31-12-6-9-24-8-5-11-28(36)32(24)31)22-30(27)39-35(40-33)47-23-25-10-7-15-42(25)4;2*1-24-8-4-9-25-10-5-12-30(32(24)25)40-17-14-28-29(22-40)37-34(44-23-26-11-7-16-39(26)3)38-33(28)41-18-19-42(27(21-41)20-36-2)31(43)13-6-15-35;;;/h5-6,8-9,11-12,14,25-26H,7,10,13,15-23H2,2-4H3;2*4-6,8-10,12-13,26-27H,7,11,14,16-23H2,1,3H3;1H4;2*1H2/b29-14+;13-6+;13-6-;;;/t25-,26-;2*26-,27-;;;/m000.../s1. The maximum Gasteiger partial charge on any atom is 0.318 e. The van der Waals surface area contributed by atoms with Gasteiger partial charge in [0, 0.05) is 177 Å². The molecule has 12 heterocycles. The van der Waals surface area contributed by atoms with Gasteiger partial charge in [-0.15, -0.1) is 0 Å². The molecule has 724 valence electrons. The lowest BCUT2D eigenvalue weighted by molar-refractivity contribution is -0.131. The molecule has 6 atom stereocenters. The van der Waals surface area contributed by atoms with E-state index < -0.39 is 17.8 Å². The number of carbonyl (C=O) groups is 3. The summed E-state index contributed by atoms with van der Waals surface area (Å²) in [4.78, 5) is 107. The van der Waals surface area contributed by atoms with Crippen LogP contribution in [0.15, 0.2) is 145 Å². The molecule has 138 heavy (non-hydrogen) atoms. The number of carbonyl (C=O) groups excluding carboxylic acids is 3. The highest BCUT2D eigenvalue weighted by Gasteiger charge is 2.41. The van der Waals surface area contributed by atoms with E-state index >= 15 is 0 Å². The molecule has 18 rings (SSSR count). The van der Waals surface area contributed by atoms with Crippen molar-refractivity contribution in [3.63, 3.8) is 0 Å². The van der Waals surface area contributed by atoms with Gasteiger partial charge in [0.15, 0.2) is 5.83 Å². The third-order valence-electron chi connectivity index (χ3n) is 27.9. The van der Waals surface area contributed by atoms with Gasteiger partial charge in [0.25, 0.3) is 5.91 Å². The first-order valence-corrected chi connectivity index (χ1v) is 47.4. The minimum Gasteiger partial charge on any atom is -0.462 e. The highest BCUT2D eigenvalue weighted by Crippen LogP contribution is 2.42. The summed E-state index contributed by atoms with van der Waals surface area (Å²) in [6.07, 6.45) is 15.2. The molecule has 6 aromatic carbocycles. The minimum absolute atomic E-state index is 0. The molecule has 0 N–H and O–H groups in total. The first-order valence-electron chi connectivity index (χ1n) is 47.0. The molecule has 0 aliphatic carbocycles. The molecule has 6 fully saturated rings. The normalized spacial score (nSPS) is 20.1. The lowest BCUT2D eigenvalue weighted by Crippen LogP contribution is -2.57. The monoisotopic (exact) mass is 1920 g/mol. The van der Waals surface area contributed by atoms with E-state index in [0.29, 0.717) is 146 Å². The maximum absolute atomic E-state index is 14.9. The second kappa shape index (κ2) is 47.6. The van der Waals surface area contributed by atoms with Gasteiger partial charge < -0.3 is 92.4 Å². The molecule has 0 spiro atoms. The number of allylic oxidation sites excluding steroid dienone is 2. The van der Waals surface area contributed by atoms with Crippen LogP contribution in [0.2, 0.25) is 5.02 Å². The summed E-state index contributed by atoms with van der Waals surface area (Å²) >= 11 is 6.71. The van der Waals surface area contributed by atoms with E-state index in [-0.39, 0.29) is 84.5 Å². The van der Waals surface area contributed by atoms with E-state index in [0.717, 1.165) is 158 Å². The number of likely N-dealkylation sites (tertiary alicyclic amines) is 3. The smallest absolute Gasteiger partial charge is 0.318 e. The summed E-state index contributed by atoms with van der Waals surface area (Å²) in [5, 5.41) is 25.6. The zero-order valence-electron chi connectivity index (χ0n) is 79.2. The number of ether oxygens (including phenoxy) is 3. The SMILES string of the molecule is C.S.S.[C-]#[N+]C[C@H]1CN(c2nc(OC[C@@H]3CCCN3C)nc3c2CCN(c2cccc4cccc(C)c24)C3)CCN1C(=O)/C=C/C#N.[C-]#[N+]C[C@H]1CN(c2nc(OC[C@@H]3CCCN3C)nc3c2CCN(c2cccc4cccc(C)c24)C3)CCN1C(=O)/C=C\C#N.[C-]#[N+]C[C@H]1CN(c2nc(OC[C@@H]3CCCN3C)nc3c2CCN(c2cccc4cccc(Cl)c24)C3)CCN1C(=O)/C(F)=C\CN(C)C. The molecule has 0 radical (unpaired) electrons. The van der Waals surface area contributed by atoms with E-state index in [1.54, 1.807) is 14.7 Å². The van der Waals surface area contributed by atoms with Crippen molar-refractivity contribution >= 4 is 123 Å². The number of rotatable bonds is 23. The molecule has 3 amide bonds. The minimum atomic E-state index is -0.789. The number of hydrogen-bond acceptors (Lipinski definition) is 24. The topological polar surface area (TPSA) is 259 Å². The van der Waals surface area contributed by atoms with Crippen molar-refractivity contribution in [1.82, 2.24) is 64.2 Å². The van der Waals surface area contributed by atoms with E-state index in [9.17, 15) is 18.8 Å². The third-order valence-corrected chi connectivity index (χ3v) is 28.2. The first-order chi connectivity index (χ1) is 65.6. The maximum atomic E-state index is 14.9. The number of halogens is 2. The van der Waals surface area contributed by atoms with E-state index in [1.165, 1.54) is 79.3 Å². The Balaban J connectivity index is 0.000000173. The van der Waals surface area contributed by atoms with Crippen molar-refractivity contribution < 1.29 is 33.0 Å². The van der Waals surface area contributed by atoms with Gasteiger partial charge in [0.1, 0.15) is 55.4 Å². The number of hydrogen-bond donors (Lipinski definition) is 0. The molecule has 0 saturated carbocycles. The molecular weight excluding hydrogens is 1800 g/mol. The zero-order chi connectivity index (χ0) is 94.3. The number of nitriles is 2. The van der Waals surface area contributed by atoms with Gasteiger partial charge in [-0.1, -0.05) is 104 Å². The van der Waals surface area contributed by atoms with Gasteiger partial charge in [-0.3, -0.25) is 14.4 Å². The number of aryl methyl sites for hydroxylation is 2. The van der Waals surface area contributed by atoms with Gasteiger partial charge in [0.05, 0.1) is 53.9 Å². The fourth-order valence-corrected chi connectivity index (χ4v) is 20.9. The van der Waals surface area contributed by atoms with Crippen LogP contribution in [-0.4, -0.2) is 298 Å². The number of aromatic nitrogens is 6. The number of likely N-dealkylation sites (N-methyl/N-ethyl adjacent to an activating group) is 4. The van der Waals surface area contributed by atoms with Gasteiger partial charge in [0.2, 0.25) is 31.4 Å². The van der Waals surface area contributed by atoms with Crippen molar-refractivity contribution in [2.45, 2.75) is 135 Å². The Kier molecular flexibility index (Phi) is 35.5. The van der Waals surface area contributed by atoms with Crippen molar-refractivity contribution in [1.29, 1.82) is 10.5 Å². The van der Waals surface area contributed by atoms with Crippen molar-refractivity contribution in [2.75, 3.05) is 209 Å². The average Bonchev–Trinajstić information content (AvgIpc) is 0.846. The van der Waals surface area contributed by atoms with Gasteiger partial charge in [-0.25, -0.2) is 24.1 Å². The highest BCUT2D eigenvalue weighted by atomic mass is 35.5. The van der Waals surface area contributed by atoms with Crippen LogP contribution in [0.25, 0.3) is 46.9 Å². The van der Waals surface area contributed by atoms with E-state index in [4.69, 9.17) is 86.0 Å². The van der Waals surface area contributed by atoms with Crippen LogP contribution < -0.4 is 43.6 Å². The molecule has 34 heteroatoms. The second-order valence-electron chi connectivity index (χ2n) is 36.7. The summed E-state index contributed by atoms with van der Waals surface area (Å²) in [6, 6.07) is 42.8. The molecule has 6 saturated heterocycles. The summed E-state index contributed by atoms with van der Waals surface area (Å²) < 4.78 is 33.8. The van der Waals surface area contributed by atoms with Crippen LogP contribution in [0.4, 0.5) is 38.9 Å². The van der Waals surface area contributed by atoms with Crippen molar-refractivity contribution in [3.05, 3.63) is 230 Å². The Morgan fingerprint density at radius 1 is 0.464 bits per heavy atom. The molecule has 9 aliphatic rings. The quantitative estimate of drug-likeness (QED) is 0.0327. The zero-order valence-corrected chi connectivity index (χ0v) is 82.0. The summed E-state index contributed by atoms with van der Waals surface area (Å²) in [6.45, 7) is 40.8. The Bertz CT molecular complexity index is 5930. The van der Waals surface area contributed by atoms with Gasteiger partial charge in [-0.05, 0) is 184 Å². The van der Waals surface area contributed by atoms with E-state index in [2.05, 4.69) is 191 Å². The number of benzene rings is 6. The third kappa shape index (κ3) is 23.5. The van der Waals surface area contributed by atoms with Crippen LogP contribution in [0.3, 0.4) is 0 Å². The average molecular weight is 1930 g/mol. The summed E-state index contributed by atoms with van der Waals surface area (Å²) in [5.41, 5.74) is 12.0. The molecular formula is C104H126ClFN24O6S2. The van der Waals surface area contributed by atoms with Crippen LogP contribution in [0.5, 0.6) is 18.0 Å². The van der Waals surface area contributed by atoms with Crippen LogP contribution in [0.1, 0.15) is 90.9 Å². The second-order valence-corrected chi connectivity index (χ2v) is 37.1. The summed E-state index contributed by atoms with van der Waals surface area (Å²) in [7, 11) is 10.0. The number of piperazine rings is 3. The molecule has 0 bridgehead atoms. The van der Waals surface area contributed by atoms with Crippen LogP contribution in [-0.2, 0) is 53.3 Å². The lowest BCUT2D eigenvalue weighted by atomic mass is 9.99. The van der Waals surface area contributed by atoms with Crippen LogP contribution in [0, 0.1) is 56.2 Å². The largest absolute Gasteiger partial charge is 0.462 e. The summed E-state index contributed by atoms with van der Waals surface area (Å²) in [5.74, 6) is 0.514. The molecule has 9 aliphatic heterocycles. The molecule has 30 nitrogen and oxygen atoms in total. The molecule has 3 aromatic heterocycles. The Hall–Kier alpha value is -12.6. The van der Waals surface area contributed by atoms with Gasteiger partial charge >= 0.3 is 18.0 Å². The predicted octanol–water partition coefficient (Wildman–Crippen LogP) is 13.5.